The normalized spacial score (nSPS) is 11.5. The van der Waals surface area contributed by atoms with Crippen LogP contribution >= 0.6 is 0 Å². The summed E-state index contributed by atoms with van der Waals surface area (Å²) in [6.07, 6.45) is 60.0. The fraction of sp³-hybridized carbons (Fsp3) is 1.00. The van der Waals surface area contributed by atoms with Crippen molar-refractivity contribution < 1.29 is 25.9 Å². The molecule has 0 amide bonds. The lowest BCUT2D eigenvalue weighted by molar-refractivity contribution is -0.890. The molecule has 0 rings (SSSR count). The Kier molecular flexibility index (Phi) is 64.0. The SMILES string of the molecule is CCCCCCCCCCCCCCCCCC[NH-].CCCCCCCCCCCCCC[N+](C)(C)CCC.CCCCCCCCCCCCCC[N+](C)(C)CCC.[Br-]. The smallest absolute Gasteiger partial charge is 0.0782 e. The van der Waals surface area contributed by atoms with Gasteiger partial charge in [0, 0.05) is 0 Å². The van der Waals surface area contributed by atoms with Crippen LogP contribution in [-0.2, 0) is 0 Å². The van der Waals surface area contributed by atoms with Gasteiger partial charge < -0.3 is 31.7 Å². The van der Waals surface area contributed by atoms with Crippen LogP contribution in [0.15, 0.2) is 0 Å². The van der Waals surface area contributed by atoms with Crippen LogP contribution in [0.25, 0.3) is 5.73 Å². The molecule has 0 unspecified atom stereocenters. The van der Waals surface area contributed by atoms with Gasteiger partial charge >= 0.3 is 0 Å². The van der Waals surface area contributed by atoms with Crippen molar-refractivity contribution in [2.75, 3.05) is 60.9 Å². The van der Waals surface area contributed by atoms with Gasteiger partial charge in [0.05, 0.1) is 54.4 Å². The Hall–Kier alpha value is 0.360. The van der Waals surface area contributed by atoms with Crippen LogP contribution < -0.4 is 17.0 Å². The zero-order valence-electron chi connectivity index (χ0n) is 44.0. The van der Waals surface area contributed by atoms with Gasteiger partial charge in [-0.1, -0.05) is 266 Å². The highest BCUT2D eigenvalue weighted by Gasteiger charge is 2.13. The summed E-state index contributed by atoms with van der Waals surface area (Å²) in [4.78, 5) is 0. The van der Waals surface area contributed by atoms with E-state index in [0.29, 0.717) is 6.54 Å². The minimum absolute atomic E-state index is 0. The number of rotatable bonds is 46. The minimum atomic E-state index is 0. The van der Waals surface area contributed by atoms with Crippen LogP contribution in [-0.4, -0.2) is 69.9 Å². The van der Waals surface area contributed by atoms with Crippen molar-refractivity contribution in [3.05, 3.63) is 5.73 Å². The summed E-state index contributed by atoms with van der Waals surface area (Å²) < 4.78 is 2.43. The van der Waals surface area contributed by atoms with E-state index in [4.69, 9.17) is 5.73 Å². The number of nitrogens with one attached hydrogen (secondary N) is 1. The maximum Gasteiger partial charge on any atom is 0.0782 e. The van der Waals surface area contributed by atoms with E-state index in [1.165, 1.54) is 298 Å². The van der Waals surface area contributed by atoms with Crippen molar-refractivity contribution in [3.8, 4) is 0 Å². The standard InChI is InChI=1S/2C19H42N.C18H38N.BrH/c2*1-5-7-8-9-10-11-12-13-14-15-16-17-19-20(3,4)18-6-2;1-2-3-4-5-6-7-8-9-10-11-12-13-14-15-16-17-18-19;/h2*5-19H2,1-4H3;19H,2-18H2,1H3;1H/q2*+1;-1;/p-1. The van der Waals surface area contributed by atoms with Crippen molar-refractivity contribution in [3.63, 3.8) is 0 Å². The van der Waals surface area contributed by atoms with Crippen molar-refractivity contribution >= 4 is 0 Å². The Bertz CT molecular complexity index is 653. The first-order valence-electron chi connectivity index (χ1n) is 27.9. The highest BCUT2D eigenvalue weighted by Crippen LogP contribution is 2.16. The highest BCUT2D eigenvalue weighted by atomic mass is 79.9. The summed E-state index contributed by atoms with van der Waals surface area (Å²) in [5.74, 6) is 0. The van der Waals surface area contributed by atoms with Gasteiger partial charge in [-0.2, -0.15) is 6.54 Å². The average Bonchev–Trinajstić information content (AvgIpc) is 3.20. The van der Waals surface area contributed by atoms with E-state index in [1.54, 1.807) is 0 Å². The lowest BCUT2D eigenvalue weighted by Crippen LogP contribution is -3.00. The Morgan fingerprint density at radius 3 is 0.550 bits per heavy atom. The summed E-state index contributed by atoms with van der Waals surface area (Å²) in [7, 11) is 9.51. The first kappa shape index (κ1) is 67.0. The van der Waals surface area contributed by atoms with E-state index in [1.807, 2.05) is 0 Å². The van der Waals surface area contributed by atoms with Gasteiger partial charge in [0.25, 0.3) is 0 Å². The molecule has 0 aromatic carbocycles. The molecule has 0 aliphatic carbocycles. The summed E-state index contributed by atoms with van der Waals surface area (Å²) in [6.45, 7) is 17.5. The fourth-order valence-corrected chi connectivity index (χ4v) is 8.87. The molecule has 0 aromatic heterocycles. The maximum absolute atomic E-state index is 7.08. The van der Waals surface area contributed by atoms with Crippen LogP contribution in [0.2, 0.25) is 0 Å². The monoisotopic (exact) mass is 916 g/mol. The summed E-state index contributed by atoms with van der Waals surface area (Å²) in [5.41, 5.74) is 7.08. The lowest BCUT2D eigenvalue weighted by atomic mass is 10.0. The molecule has 4 heteroatoms. The first-order valence-corrected chi connectivity index (χ1v) is 27.9. The van der Waals surface area contributed by atoms with E-state index < -0.39 is 0 Å². The van der Waals surface area contributed by atoms with Gasteiger partial charge in [0.1, 0.15) is 0 Å². The molecule has 0 aliphatic rings. The maximum atomic E-state index is 7.08. The molecule has 0 heterocycles. The first-order chi connectivity index (χ1) is 28.7. The Morgan fingerprint density at radius 2 is 0.383 bits per heavy atom. The van der Waals surface area contributed by atoms with Gasteiger partial charge in [-0.25, -0.2) is 0 Å². The van der Waals surface area contributed by atoms with E-state index in [-0.39, 0.29) is 17.0 Å². The second-order valence-electron chi connectivity index (χ2n) is 20.6. The zero-order valence-corrected chi connectivity index (χ0v) is 45.6. The van der Waals surface area contributed by atoms with Crippen LogP contribution in [0.1, 0.15) is 304 Å². The predicted molar refractivity (Wildman–Crippen MR) is 275 cm³/mol. The molecule has 1 N–H and O–H groups in total. The van der Waals surface area contributed by atoms with E-state index >= 15 is 0 Å². The number of quaternary nitrogens is 2. The number of halogens is 1. The molecule has 0 aromatic rings. The van der Waals surface area contributed by atoms with Crippen LogP contribution in [0.3, 0.4) is 0 Å². The quantitative estimate of drug-likeness (QED) is 0.0429. The van der Waals surface area contributed by atoms with Gasteiger partial charge in [-0.15, -0.1) is 0 Å². The third-order valence-electron chi connectivity index (χ3n) is 12.9. The molecule has 3 nitrogen and oxygen atoms in total. The van der Waals surface area contributed by atoms with Crippen LogP contribution in [0.5, 0.6) is 0 Å². The van der Waals surface area contributed by atoms with E-state index in [0.717, 1.165) is 6.42 Å². The van der Waals surface area contributed by atoms with Crippen molar-refractivity contribution in [2.24, 2.45) is 0 Å². The van der Waals surface area contributed by atoms with Gasteiger partial charge in [0.15, 0.2) is 0 Å². The molecule has 0 spiro atoms. The van der Waals surface area contributed by atoms with Gasteiger partial charge in [0.2, 0.25) is 0 Å². The predicted octanol–water partition coefficient (Wildman–Crippen LogP) is 16.7. The molecule has 60 heavy (non-hydrogen) atoms. The molecule has 0 bridgehead atoms. The second kappa shape index (κ2) is 57.4. The van der Waals surface area contributed by atoms with Gasteiger partial charge in [-0.3, -0.25) is 0 Å². The summed E-state index contributed by atoms with van der Waals surface area (Å²) >= 11 is 0. The van der Waals surface area contributed by atoms with Crippen LogP contribution in [0, 0.1) is 0 Å². The average molecular weight is 918 g/mol. The fourth-order valence-electron chi connectivity index (χ4n) is 8.87. The van der Waals surface area contributed by atoms with E-state index in [2.05, 4.69) is 62.8 Å². The molecular weight excluding hydrogens is 795 g/mol. The molecule has 0 saturated carbocycles. The number of nitrogens with zero attached hydrogens (tertiary/aromatic N) is 2. The molecule has 0 saturated heterocycles. The summed E-state index contributed by atoms with van der Waals surface area (Å²) in [5, 5.41) is 0. The largest absolute Gasteiger partial charge is 1.00 e. The summed E-state index contributed by atoms with van der Waals surface area (Å²) in [6, 6.07) is 0. The molecule has 0 radical (unpaired) electrons. The Morgan fingerprint density at radius 1 is 0.217 bits per heavy atom. The highest BCUT2D eigenvalue weighted by molar-refractivity contribution is 4.54. The molecule has 0 fully saturated rings. The number of hydrogen-bond acceptors (Lipinski definition) is 0. The molecule has 368 valence electrons. The van der Waals surface area contributed by atoms with Crippen molar-refractivity contribution in [1.82, 2.24) is 0 Å². The van der Waals surface area contributed by atoms with Crippen molar-refractivity contribution in [2.45, 2.75) is 304 Å². The Labute approximate surface area is 395 Å². The minimum Gasteiger partial charge on any atom is -1.00 e. The van der Waals surface area contributed by atoms with E-state index in [9.17, 15) is 0 Å². The number of hydrogen-bond donors (Lipinski definition) is 0. The molecule has 0 atom stereocenters. The lowest BCUT2D eigenvalue weighted by Gasteiger charge is -2.29. The van der Waals surface area contributed by atoms with Crippen LogP contribution in [0.4, 0.5) is 0 Å². The third-order valence-corrected chi connectivity index (χ3v) is 12.9. The van der Waals surface area contributed by atoms with Gasteiger partial charge in [-0.05, 0) is 38.5 Å². The second-order valence-corrected chi connectivity index (χ2v) is 20.6. The third kappa shape index (κ3) is 65.0. The zero-order chi connectivity index (χ0) is 44.2. The molecular formula is C56H122BrN3. The molecule has 0 aliphatic heterocycles. The number of unbranched alkanes of at least 4 members (excludes halogenated alkanes) is 37. The van der Waals surface area contributed by atoms with Crippen molar-refractivity contribution in [1.29, 1.82) is 0 Å². The Balaban J connectivity index is -0.000000389. The topological polar surface area (TPSA) is 23.8 Å².